The fourth-order valence-corrected chi connectivity index (χ4v) is 1.94. The highest BCUT2D eigenvalue weighted by Crippen LogP contribution is 2.19. The highest BCUT2D eigenvalue weighted by molar-refractivity contribution is 5.88. The van der Waals surface area contributed by atoms with Gasteiger partial charge in [0.05, 0.1) is 13.2 Å². The van der Waals surface area contributed by atoms with E-state index >= 15 is 0 Å². The van der Waals surface area contributed by atoms with Gasteiger partial charge in [0.2, 0.25) is 0 Å². The Bertz CT molecular complexity index is 345. The van der Waals surface area contributed by atoms with Gasteiger partial charge in [0.1, 0.15) is 6.04 Å². The molecule has 1 aliphatic carbocycles. The van der Waals surface area contributed by atoms with Gasteiger partial charge in [0.25, 0.3) is 0 Å². The van der Waals surface area contributed by atoms with Crippen molar-refractivity contribution in [1.29, 1.82) is 0 Å². The lowest BCUT2D eigenvalue weighted by Crippen LogP contribution is -2.55. The first-order valence-electron chi connectivity index (χ1n) is 6.52. The number of rotatable bonds is 3. The maximum atomic E-state index is 11.8. The molecule has 7 heteroatoms. The molecule has 0 aromatic rings. The number of hydrazine groups is 1. The number of carbonyl (C=O) groups is 3. The first kappa shape index (κ1) is 15.3. The molecular formula is C12H20N2O5. The van der Waals surface area contributed by atoms with Crippen molar-refractivity contribution in [2.75, 3.05) is 13.2 Å². The van der Waals surface area contributed by atoms with Crippen LogP contribution in [0.15, 0.2) is 0 Å². The van der Waals surface area contributed by atoms with Crippen molar-refractivity contribution >= 4 is 18.0 Å². The van der Waals surface area contributed by atoms with E-state index in [2.05, 4.69) is 5.43 Å². The molecule has 1 saturated carbocycles. The van der Waals surface area contributed by atoms with Crippen molar-refractivity contribution < 1.29 is 23.9 Å². The SMILES string of the molecule is CCOC(=O)NN(C(=O)OCC)C1CCCCC1=O. The summed E-state index contributed by atoms with van der Waals surface area (Å²) < 4.78 is 9.57. The first-order valence-corrected chi connectivity index (χ1v) is 6.52. The number of ether oxygens (including phenoxy) is 2. The van der Waals surface area contributed by atoms with Crippen LogP contribution in [-0.4, -0.2) is 42.2 Å². The van der Waals surface area contributed by atoms with Gasteiger partial charge < -0.3 is 9.47 Å². The average Bonchev–Trinajstić information content (AvgIpc) is 2.37. The molecule has 1 unspecified atom stereocenters. The molecule has 1 rings (SSSR count). The number of carbonyl (C=O) groups excluding carboxylic acids is 3. The quantitative estimate of drug-likeness (QED) is 0.789. The van der Waals surface area contributed by atoms with E-state index < -0.39 is 18.2 Å². The monoisotopic (exact) mass is 272 g/mol. The van der Waals surface area contributed by atoms with Gasteiger partial charge in [0, 0.05) is 6.42 Å². The Hall–Kier alpha value is -1.79. The summed E-state index contributed by atoms with van der Waals surface area (Å²) in [5, 5.41) is 0.947. The molecule has 0 spiro atoms. The summed E-state index contributed by atoms with van der Waals surface area (Å²) in [6.45, 7) is 3.66. The molecule has 0 aromatic heterocycles. The molecule has 0 heterocycles. The molecule has 1 atom stereocenters. The maximum Gasteiger partial charge on any atom is 0.429 e. The summed E-state index contributed by atoms with van der Waals surface area (Å²) in [4.78, 5) is 35.1. The fraction of sp³-hybridized carbons (Fsp3) is 0.750. The molecular weight excluding hydrogens is 252 g/mol. The largest absolute Gasteiger partial charge is 0.449 e. The average molecular weight is 272 g/mol. The van der Waals surface area contributed by atoms with E-state index in [4.69, 9.17) is 9.47 Å². The van der Waals surface area contributed by atoms with Crippen LogP contribution < -0.4 is 5.43 Å². The van der Waals surface area contributed by atoms with E-state index in [0.717, 1.165) is 17.9 Å². The number of hydrogen-bond acceptors (Lipinski definition) is 5. The van der Waals surface area contributed by atoms with Gasteiger partial charge in [0.15, 0.2) is 5.78 Å². The van der Waals surface area contributed by atoms with Gasteiger partial charge in [-0.15, -0.1) is 0 Å². The predicted molar refractivity (Wildman–Crippen MR) is 66.3 cm³/mol. The van der Waals surface area contributed by atoms with E-state index in [1.54, 1.807) is 13.8 Å². The van der Waals surface area contributed by atoms with Crippen LogP contribution in [0, 0.1) is 0 Å². The molecule has 0 radical (unpaired) electrons. The van der Waals surface area contributed by atoms with Crippen LogP contribution in [-0.2, 0) is 14.3 Å². The number of nitrogens with one attached hydrogen (secondary N) is 1. The molecule has 7 nitrogen and oxygen atoms in total. The molecule has 0 aliphatic heterocycles. The standard InChI is InChI=1S/C12H20N2O5/c1-3-18-11(16)13-14(12(17)19-4-2)9-7-5-6-8-10(9)15/h9H,3-8H2,1-2H3,(H,13,16). The summed E-state index contributed by atoms with van der Waals surface area (Å²) in [5.41, 5.74) is 2.28. The van der Waals surface area contributed by atoms with E-state index in [0.29, 0.717) is 12.8 Å². The summed E-state index contributed by atoms with van der Waals surface area (Å²) in [6.07, 6.45) is 1.06. The van der Waals surface area contributed by atoms with Crippen LogP contribution in [0.3, 0.4) is 0 Å². The highest BCUT2D eigenvalue weighted by Gasteiger charge is 2.34. The first-order chi connectivity index (χ1) is 9.10. The summed E-state index contributed by atoms with van der Waals surface area (Å²) in [7, 11) is 0. The zero-order valence-corrected chi connectivity index (χ0v) is 11.3. The van der Waals surface area contributed by atoms with Crippen molar-refractivity contribution in [3.05, 3.63) is 0 Å². The van der Waals surface area contributed by atoms with E-state index in [-0.39, 0.29) is 19.0 Å². The predicted octanol–water partition coefficient (Wildman–Crippen LogP) is 1.62. The lowest BCUT2D eigenvalue weighted by molar-refractivity contribution is -0.126. The van der Waals surface area contributed by atoms with Crippen molar-refractivity contribution in [3.8, 4) is 0 Å². The zero-order valence-electron chi connectivity index (χ0n) is 11.3. The topological polar surface area (TPSA) is 84.9 Å². The number of ketones is 1. The number of nitrogens with zero attached hydrogens (tertiary/aromatic N) is 1. The summed E-state index contributed by atoms with van der Waals surface area (Å²) in [6, 6.07) is -0.669. The summed E-state index contributed by atoms with van der Waals surface area (Å²) in [5.74, 6) is -0.0731. The molecule has 1 aliphatic rings. The molecule has 0 saturated heterocycles. The molecule has 1 fully saturated rings. The van der Waals surface area contributed by atoms with Gasteiger partial charge in [-0.1, -0.05) is 6.42 Å². The molecule has 0 bridgehead atoms. The van der Waals surface area contributed by atoms with Gasteiger partial charge in [-0.3, -0.25) is 4.79 Å². The lowest BCUT2D eigenvalue weighted by atomic mass is 9.94. The van der Waals surface area contributed by atoms with E-state index in [1.165, 1.54) is 0 Å². The minimum atomic E-state index is -0.770. The molecule has 2 amide bonds. The lowest BCUT2D eigenvalue weighted by Gasteiger charge is -2.31. The third-order valence-corrected chi connectivity index (χ3v) is 2.79. The molecule has 108 valence electrons. The smallest absolute Gasteiger partial charge is 0.429 e. The Morgan fingerprint density at radius 1 is 1.26 bits per heavy atom. The minimum Gasteiger partial charge on any atom is -0.449 e. The highest BCUT2D eigenvalue weighted by atomic mass is 16.6. The Kier molecular flexibility index (Phi) is 6.11. The van der Waals surface area contributed by atoms with Crippen LogP contribution in [0.5, 0.6) is 0 Å². The second-order valence-electron chi connectivity index (χ2n) is 4.13. The Labute approximate surface area is 112 Å². The third kappa shape index (κ3) is 4.42. The van der Waals surface area contributed by atoms with Crippen LogP contribution in [0.2, 0.25) is 0 Å². The number of hydrogen-bond donors (Lipinski definition) is 1. The number of amides is 2. The van der Waals surface area contributed by atoms with Gasteiger partial charge in [-0.2, -0.15) is 0 Å². The minimum absolute atomic E-state index is 0.0731. The molecule has 1 N–H and O–H groups in total. The van der Waals surface area contributed by atoms with Crippen LogP contribution in [0.4, 0.5) is 9.59 Å². The molecule has 19 heavy (non-hydrogen) atoms. The van der Waals surface area contributed by atoms with Crippen LogP contribution in [0.25, 0.3) is 0 Å². The van der Waals surface area contributed by atoms with Gasteiger partial charge >= 0.3 is 12.2 Å². The second-order valence-corrected chi connectivity index (χ2v) is 4.13. The Morgan fingerprint density at radius 3 is 2.53 bits per heavy atom. The third-order valence-electron chi connectivity index (χ3n) is 2.79. The normalized spacial score (nSPS) is 18.6. The molecule has 0 aromatic carbocycles. The fourth-order valence-electron chi connectivity index (χ4n) is 1.94. The van der Waals surface area contributed by atoms with E-state index in [1.807, 2.05) is 0 Å². The summed E-state index contributed by atoms with van der Waals surface area (Å²) >= 11 is 0. The number of Topliss-reactive ketones (excluding diaryl/α,β-unsaturated/α-hetero) is 1. The zero-order chi connectivity index (χ0) is 14.3. The maximum absolute atomic E-state index is 11.8. The van der Waals surface area contributed by atoms with Crippen molar-refractivity contribution in [2.45, 2.75) is 45.6 Å². The van der Waals surface area contributed by atoms with Crippen LogP contribution >= 0.6 is 0 Å². The Balaban J connectivity index is 2.75. The van der Waals surface area contributed by atoms with Crippen molar-refractivity contribution in [2.24, 2.45) is 0 Å². The second kappa shape index (κ2) is 7.60. The van der Waals surface area contributed by atoms with Crippen molar-refractivity contribution in [1.82, 2.24) is 10.4 Å². The van der Waals surface area contributed by atoms with Gasteiger partial charge in [-0.05, 0) is 26.7 Å². The van der Waals surface area contributed by atoms with Crippen LogP contribution in [0.1, 0.15) is 39.5 Å². The van der Waals surface area contributed by atoms with E-state index in [9.17, 15) is 14.4 Å². The van der Waals surface area contributed by atoms with Gasteiger partial charge in [-0.25, -0.2) is 20.0 Å². The van der Waals surface area contributed by atoms with Crippen molar-refractivity contribution in [3.63, 3.8) is 0 Å². The Morgan fingerprint density at radius 2 is 1.95 bits per heavy atom.